The van der Waals surface area contributed by atoms with Gasteiger partial charge in [-0.25, -0.2) is 4.79 Å². The molecular weight excluding hydrogens is 1490 g/mol. The first kappa shape index (κ1) is 95.5. The van der Waals surface area contributed by atoms with Crippen molar-refractivity contribution in [3.05, 3.63) is 35.9 Å². The molecule has 2 aliphatic rings. The van der Waals surface area contributed by atoms with E-state index in [0.29, 0.717) is 5.56 Å². The molecule has 2 heterocycles. The summed E-state index contributed by atoms with van der Waals surface area (Å²) in [7, 11) is 0. The number of carboxylic acids is 3. The van der Waals surface area contributed by atoms with Crippen LogP contribution in [0.1, 0.15) is 151 Å². The summed E-state index contributed by atoms with van der Waals surface area (Å²) < 4.78 is 0. The average molecular weight is 1610 g/mol. The maximum atomic E-state index is 14.6. The Hall–Kier alpha value is -9.70. The molecule has 0 saturated carbocycles. The van der Waals surface area contributed by atoms with Gasteiger partial charge in [0.15, 0.2) is 0 Å². The molecule has 2 saturated heterocycles. The lowest BCUT2D eigenvalue weighted by atomic mass is 9.98. The first-order valence-electron chi connectivity index (χ1n) is 36.9. The summed E-state index contributed by atoms with van der Waals surface area (Å²) in [6.45, 7) is 13.2. The Morgan fingerprint density at radius 2 is 0.865 bits per heavy atom. The number of primary amides is 1. The van der Waals surface area contributed by atoms with Crippen LogP contribution < -0.4 is 75.3 Å². The van der Waals surface area contributed by atoms with Crippen LogP contribution in [-0.2, 0) is 92.7 Å². The number of aliphatic hydroxyl groups excluding tert-OH is 1. The van der Waals surface area contributed by atoms with Crippen LogP contribution in [0.15, 0.2) is 30.3 Å². The highest BCUT2D eigenvalue weighted by atomic mass is 32.1. The summed E-state index contributed by atoms with van der Waals surface area (Å²) in [6, 6.07) is -11.4. The van der Waals surface area contributed by atoms with E-state index in [-0.39, 0.29) is 93.7 Å². The van der Waals surface area contributed by atoms with Crippen molar-refractivity contribution in [3.8, 4) is 0 Å². The Labute approximate surface area is 654 Å². The number of aliphatic carboxylic acids is 3. The molecule has 0 spiro atoms. The Kier molecular flexibility index (Phi) is 40.9. The maximum absolute atomic E-state index is 14.6. The second kappa shape index (κ2) is 47.5. The zero-order valence-corrected chi connectivity index (χ0v) is 65.8. The van der Waals surface area contributed by atoms with Crippen LogP contribution in [0, 0.1) is 23.7 Å². The van der Waals surface area contributed by atoms with Gasteiger partial charge in [0, 0.05) is 50.3 Å². The smallest absolute Gasteiger partial charge is 0.327 e. The van der Waals surface area contributed by atoms with E-state index in [1.54, 1.807) is 85.7 Å². The molecule has 38 nitrogen and oxygen atoms in total. The largest absolute Gasteiger partial charge is 0.481 e. The number of likely N-dealkylation sites (tertiary alicyclic amines) is 2. The fourth-order valence-corrected chi connectivity index (χ4v) is 12.6. The van der Waals surface area contributed by atoms with Crippen molar-refractivity contribution in [2.75, 3.05) is 37.7 Å². The number of aliphatic hydroxyl groups is 1. The Morgan fingerprint density at radius 1 is 0.459 bits per heavy atom. The fourth-order valence-electron chi connectivity index (χ4n) is 12.2. The summed E-state index contributed by atoms with van der Waals surface area (Å²) in [5.41, 5.74) is 11.7. The molecule has 0 bridgehead atoms. The lowest BCUT2D eigenvalue weighted by molar-refractivity contribution is -0.144. The first-order valence-corrected chi connectivity index (χ1v) is 38.2. The van der Waals surface area contributed by atoms with Crippen molar-refractivity contribution in [2.24, 2.45) is 35.1 Å². The summed E-state index contributed by atoms with van der Waals surface area (Å²) >= 11 is 7.90. The van der Waals surface area contributed by atoms with Crippen molar-refractivity contribution in [1.29, 1.82) is 0 Å². The number of nitrogens with zero attached hydrogens (tertiary/aromatic N) is 2. The van der Waals surface area contributed by atoms with Crippen LogP contribution in [0.5, 0.6) is 0 Å². The van der Waals surface area contributed by atoms with Gasteiger partial charge in [0.1, 0.15) is 78.5 Å². The van der Waals surface area contributed by atoms with E-state index in [1.165, 1.54) is 16.7 Å². The maximum Gasteiger partial charge on any atom is 0.327 e. The SMILES string of the molecule is CC(C)C[C@H](NC(=O)[C@H](CC(C)C)NC(=O)[C@@H](NC(=O)[C@H](CO)NC(=O)[C@@H](N)CS)C(C)C)C(=O)N[C@@H](CCC(=O)O)C(=O)NCC(=O)N[C@@H](C)C(=O)N1CCC[C@H]1C(=O)N[C@@H](Cc1ccccc1)C(=O)N[C@@H](CCC(N)=O)C(=O)N[C@@H](CC(C)C)C(=O)N1CCC[C@H]1C(=O)N[C@@H](CCC(=O)O)C(=O)N[C@@H](CS)C(=O)O. The molecule has 3 rings (SSSR count). The van der Waals surface area contributed by atoms with Crippen LogP contribution in [0.4, 0.5) is 0 Å². The summed E-state index contributed by atoms with van der Waals surface area (Å²) in [5.74, 6) is -19.4. The molecule has 0 radical (unpaired) electrons. The molecule has 1 aromatic rings. The third kappa shape index (κ3) is 32.6. The van der Waals surface area contributed by atoms with E-state index in [0.717, 1.165) is 0 Å². The zero-order valence-electron chi connectivity index (χ0n) is 64.0. The number of benzene rings is 1. The van der Waals surface area contributed by atoms with E-state index in [1.807, 2.05) is 0 Å². The lowest BCUT2D eigenvalue weighted by Gasteiger charge is -2.32. The average Bonchev–Trinajstić information content (AvgIpc) is 1.73. The number of amides is 15. The highest BCUT2D eigenvalue weighted by Gasteiger charge is 2.43. The van der Waals surface area contributed by atoms with Crippen molar-refractivity contribution >= 4 is 132 Å². The van der Waals surface area contributed by atoms with Gasteiger partial charge in [0.25, 0.3) is 0 Å². The van der Waals surface area contributed by atoms with E-state index < -0.39 is 249 Å². The number of carboxylic acid groups (broad SMARTS) is 3. The summed E-state index contributed by atoms with van der Waals surface area (Å²) in [6.07, 6.45) is -2.71. The van der Waals surface area contributed by atoms with Gasteiger partial charge in [-0.05, 0) is 100 Å². The molecule has 2 fully saturated rings. The van der Waals surface area contributed by atoms with E-state index in [4.69, 9.17) is 11.5 Å². The molecule has 2 aliphatic heterocycles. The third-order valence-corrected chi connectivity index (χ3v) is 18.8. The van der Waals surface area contributed by atoms with Gasteiger partial charge in [-0.1, -0.05) is 85.7 Å². The lowest BCUT2D eigenvalue weighted by Crippen LogP contribution is -2.61. The quantitative estimate of drug-likeness (QED) is 0.0275. The first-order chi connectivity index (χ1) is 52.1. The van der Waals surface area contributed by atoms with Crippen molar-refractivity contribution in [3.63, 3.8) is 0 Å². The molecule has 620 valence electrons. The molecule has 0 unspecified atom stereocenters. The monoisotopic (exact) mass is 1600 g/mol. The second-order valence-electron chi connectivity index (χ2n) is 29.1. The topological polar surface area (TPSA) is 591 Å². The number of carbonyl (C=O) groups is 18. The summed E-state index contributed by atoms with van der Waals surface area (Å²) in [5, 5.41) is 68.3. The molecule has 15 amide bonds. The number of thiol groups is 2. The molecule has 0 aliphatic carbocycles. The normalized spacial score (nSPS) is 17.3. The number of carbonyl (C=O) groups excluding carboxylic acids is 15. The minimum absolute atomic E-state index is 0.00784. The van der Waals surface area contributed by atoms with E-state index in [2.05, 4.69) is 89.1 Å². The molecule has 111 heavy (non-hydrogen) atoms. The van der Waals surface area contributed by atoms with Gasteiger partial charge < -0.3 is 105 Å². The molecule has 20 N–H and O–H groups in total. The zero-order chi connectivity index (χ0) is 83.7. The van der Waals surface area contributed by atoms with E-state index >= 15 is 0 Å². The van der Waals surface area contributed by atoms with Gasteiger partial charge >= 0.3 is 17.9 Å². The fraction of sp³-hybridized carbons (Fsp3) is 0.662. The van der Waals surface area contributed by atoms with E-state index in [9.17, 15) is 107 Å². The number of nitrogens with two attached hydrogens (primary N) is 2. The molecule has 14 atom stereocenters. The van der Waals surface area contributed by atoms with Crippen LogP contribution in [-0.4, -0.2) is 259 Å². The predicted octanol–water partition coefficient (Wildman–Crippen LogP) is -4.27. The van der Waals surface area contributed by atoms with Gasteiger partial charge in [-0.3, -0.25) is 81.5 Å². The molecule has 0 aromatic heterocycles. The van der Waals surface area contributed by atoms with Crippen LogP contribution in [0.25, 0.3) is 0 Å². The minimum atomic E-state index is -1.63. The van der Waals surface area contributed by atoms with Crippen LogP contribution >= 0.6 is 25.3 Å². The highest BCUT2D eigenvalue weighted by molar-refractivity contribution is 7.80. The van der Waals surface area contributed by atoms with Gasteiger partial charge in [-0.15, -0.1) is 0 Å². The standard InChI is InChI=1S/C71H112N16O22S2/c1-35(2)27-45(79-63(100)46(28-36(3)4)81-68(105)57(38(7)8)85-65(102)49(32-88)83-58(95)41(72)33-110)62(99)76-42(20-23-55(91)92)59(96)74-31-54(90)75-39(9)69(106)86-25-13-17-51(86)67(104)80-47(30-40-15-11-10-12-16-40)64(101)77-43(19-22-53(73)89)60(97)82-48(29-37(5)6)70(107)87-26-14-18-52(87)66(103)78-44(21-24-56(93)94)61(98)84-50(34-111)71(108)109/h10-12,15-16,35-39,41-52,57,88,110-111H,13-14,17-34,72H2,1-9H3,(H2,73,89)(H,74,96)(H,75,90)(H,76,99)(H,77,101)(H,78,103)(H,79,100)(H,80,104)(H,81,105)(H,82,97)(H,83,95)(H,84,98)(H,85,102)(H,91,92)(H,93,94)(H,108,109)/t39-,41-,42-,43-,44-,45-,46-,47-,48-,49-,50-,51-,52-,57-/m0/s1. The van der Waals surface area contributed by atoms with Crippen LogP contribution in [0.2, 0.25) is 0 Å². The van der Waals surface area contributed by atoms with Gasteiger partial charge in [-0.2, -0.15) is 25.3 Å². The number of hydrogen-bond acceptors (Lipinski definition) is 22. The number of nitrogens with one attached hydrogen (secondary N) is 12. The number of hydrogen-bond donors (Lipinski definition) is 20. The Bertz CT molecular complexity index is 3450. The molecule has 40 heteroatoms. The Balaban J connectivity index is 1.81. The number of rotatable bonds is 48. The predicted molar refractivity (Wildman–Crippen MR) is 405 cm³/mol. The molecule has 1 aromatic carbocycles. The van der Waals surface area contributed by atoms with Gasteiger partial charge in [0.05, 0.1) is 19.2 Å². The van der Waals surface area contributed by atoms with Crippen molar-refractivity contribution in [1.82, 2.24) is 73.6 Å². The second-order valence-corrected chi connectivity index (χ2v) is 29.8. The Morgan fingerprint density at radius 3 is 1.32 bits per heavy atom. The van der Waals surface area contributed by atoms with Crippen molar-refractivity contribution in [2.45, 2.75) is 237 Å². The highest BCUT2D eigenvalue weighted by Crippen LogP contribution is 2.23. The van der Waals surface area contributed by atoms with Gasteiger partial charge in [0.2, 0.25) is 88.6 Å². The third-order valence-electron chi connectivity index (χ3n) is 18.0. The van der Waals surface area contributed by atoms with Crippen LogP contribution in [0.3, 0.4) is 0 Å². The van der Waals surface area contributed by atoms with Crippen molar-refractivity contribution < 1.29 is 107 Å². The molecular formula is C71H112N16O22S2. The summed E-state index contributed by atoms with van der Waals surface area (Å²) in [4.78, 5) is 244. The minimum Gasteiger partial charge on any atom is -0.481 e.